The summed E-state index contributed by atoms with van der Waals surface area (Å²) in [6, 6.07) is -0.112. The number of likely N-dealkylation sites (N-methyl/N-ethyl adjacent to an activating group) is 1. The molecule has 0 spiro atoms. The third kappa shape index (κ3) is 4.08. The number of nitrogens with two attached hydrogens (primary N) is 1. The van der Waals surface area contributed by atoms with Crippen LogP contribution in [0, 0.1) is 5.92 Å². The molecular weight excluding hydrogens is 208 g/mol. The van der Waals surface area contributed by atoms with E-state index < -0.39 is 0 Å². The molecule has 0 aliphatic carbocycles. The highest BCUT2D eigenvalue weighted by Gasteiger charge is 2.25. The fraction of sp³-hybridized carbons (Fsp3) is 0.909. The zero-order chi connectivity index (χ0) is 12.0. The van der Waals surface area contributed by atoms with Gasteiger partial charge in [-0.2, -0.15) is 0 Å². The minimum atomic E-state index is -0.112. The third-order valence-electron chi connectivity index (χ3n) is 2.84. The highest BCUT2D eigenvalue weighted by Crippen LogP contribution is 2.16. The van der Waals surface area contributed by atoms with Crippen molar-refractivity contribution < 1.29 is 14.3 Å². The molecule has 1 fully saturated rings. The van der Waals surface area contributed by atoms with Gasteiger partial charge in [0.1, 0.15) is 0 Å². The third-order valence-corrected chi connectivity index (χ3v) is 2.84. The largest absolute Gasteiger partial charge is 0.383 e. The number of nitrogens with zero attached hydrogens (tertiary/aromatic N) is 1. The number of amides is 1. The van der Waals surface area contributed by atoms with E-state index in [0.29, 0.717) is 26.4 Å². The lowest BCUT2D eigenvalue weighted by atomic mass is 9.99. The molecule has 1 aliphatic heterocycles. The maximum atomic E-state index is 12.0. The van der Waals surface area contributed by atoms with Crippen molar-refractivity contribution >= 4 is 5.91 Å². The van der Waals surface area contributed by atoms with Crippen molar-refractivity contribution in [1.82, 2.24) is 4.90 Å². The normalized spacial score (nSPS) is 19.4. The van der Waals surface area contributed by atoms with Crippen LogP contribution in [-0.2, 0) is 14.3 Å². The molecule has 0 aromatic carbocycles. The van der Waals surface area contributed by atoms with Crippen LogP contribution in [0.15, 0.2) is 0 Å². The van der Waals surface area contributed by atoms with E-state index in [1.54, 1.807) is 19.1 Å². The first-order chi connectivity index (χ1) is 7.65. The molecule has 1 heterocycles. The van der Waals surface area contributed by atoms with Crippen LogP contribution in [-0.4, -0.2) is 57.4 Å². The van der Waals surface area contributed by atoms with Crippen LogP contribution in [0.3, 0.4) is 0 Å². The Kier molecular flexibility index (Phi) is 5.73. The monoisotopic (exact) mass is 230 g/mol. The Bertz CT molecular complexity index is 217. The molecule has 1 saturated heterocycles. The number of carbonyl (C=O) groups excluding carboxylic acids is 1. The molecule has 0 bridgehead atoms. The van der Waals surface area contributed by atoms with Gasteiger partial charge >= 0.3 is 0 Å². The van der Waals surface area contributed by atoms with Crippen LogP contribution in [0.25, 0.3) is 0 Å². The Labute approximate surface area is 96.9 Å². The van der Waals surface area contributed by atoms with Gasteiger partial charge in [-0.25, -0.2) is 0 Å². The number of hydrogen-bond acceptors (Lipinski definition) is 4. The van der Waals surface area contributed by atoms with E-state index in [9.17, 15) is 4.79 Å². The molecule has 1 unspecified atom stereocenters. The number of rotatable bonds is 5. The van der Waals surface area contributed by atoms with Gasteiger partial charge in [-0.05, 0) is 12.8 Å². The zero-order valence-electron chi connectivity index (χ0n) is 10.1. The zero-order valence-corrected chi connectivity index (χ0v) is 10.1. The second-order valence-corrected chi connectivity index (χ2v) is 4.32. The quantitative estimate of drug-likeness (QED) is 0.713. The number of carbonyl (C=O) groups is 1. The van der Waals surface area contributed by atoms with E-state index in [1.165, 1.54) is 0 Å². The standard InChI is InChI=1S/C11H22N2O3/c1-13(7-10(12)8-15-2)11(14)9-3-5-16-6-4-9/h9-10H,3-8,12H2,1-2H3. The summed E-state index contributed by atoms with van der Waals surface area (Å²) < 4.78 is 10.2. The van der Waals surface area contributed by atoms with Crippen molar-refractivity contribution in [2.24, 2.45) is 11.7 Å². The first-order valence-electron chi connectivity index (χ1n) is 5.72. The Morgan fingerprint density at radius 2 is 2.19 bits per heavy atom. The summed E-state index contributed by atoms with van der Waals surface area (Å²) in [7, 11) is 3.41. The Morgan fingerprint density at radius 1 is 1.56 bits per heavy atom. The number of hydrogen-bond donors (Lipinski definition) is 1. The van der Waals surface area contributed by atoms with Crippen LogP contribution < -0.4 is 5.73 Å². The van der Waals surface area contributed by atoms with Crippen LogP contribution >= 0.6 is 0 Å². The molecule has 2 N–H and O–H groups in total. The van der Waals surface area contributed by atoms with Gasteiger partial charge in [-0.15, -0.1) is 0 Å². The molecule has 5 heteroatoms. The average molecular weight is 230 g/mol. The van der Waals surface area contributed by atoms with E-state index in [4.69, 9.17) is 15.2 Å². The van der Waals surface area contributed by atoms with E-state index in [1.807, 2.05) is 0 Å². The van der Waals surface area contributed by atoms with Crippen molar-refractivity contribution in [2.75, 3.05) is 40.5 Å². The lowest BCUT2D eigenvalue weighted by Crippen LogP contribution is -2.44. The molecule has 16 heavy (non-hydrogen) atoms. The summed E-state index contributed by atoms with van der Waals surface area (Å²) in [5.41, 5.74) is 5.81. The molecule has 1 rings (SSSR count). The van der Waals surface area contributed by atoms with Gasteiger partial charge in [-0.1, -0.05) is 0 Å². The molecule has 0 aromatic rings. The van der Waals surface area contributed by atoms with Crippen LogP contribution in [0.1, 0.15) is 12.8 Å². The van der Waals surface area contributed by atoms with Gasteiger partial charge in [0.15, 0.2) is 0 Å². The maximum absolute atomic E-state index is 12.0. The molecular formula is C11H22N2O3. The molecule has 1 amide bonds. The van der Waals surface area contributed by atoms with Crippen molar-refractivity contribution in [3.05, 3.63) is 0 Å². The molecule has 5 nitrogen and oxygen atoms in total. The summed E-state index contributed by atoms with van der Waals surface area (Å²) >= 11 is 0. The topological polar surface area (TPSA) is 64.8 Å². The second kappa shape index (κ2) is 6.83. The predicted molar refractivity (Wildman–Crippen MR) is 61.0 cm³/mol. The van der Waals surface area contributed by atoms with Gasteiger partial charge in [-0.3, -0.25) is 4.79 Å². The minimum absolute atomic E-state index is 0.105. The van der Waals surface area contributed by atoms with Crippen LogP contribution in [0.4, 0.5) is 0 Å². The van der Waals surface area contributed by atoms with Crippen molar-refractivity contribution in [2.45, 2.75) is 18.9 Å². The van der Waals surface area contributed by atoms with Gasteiger partial charge in [0, 0.05) is 45.9 Å². The fourth-order valence-electron chi connectivity index (χ4n) is 1.96. The second-order valence-electron chi connectivity index (χ2n) is 4.32. The molecule has 0 aromatic heterocycles. The molecule has 1 aliphatic rings. The first-order valence-corrected chi connectivity index (χ1v) is 5.72. The SMILES string of the molecule is COCC(N)CN(C)C(=O)C1CCOCC1. The Morgan fingerprint density at radius 3 is 2.75 bits per heavy atom. The van der Waals surface area contributed by atoms with Gasteiger partial charge in [0.25, 0.3) is 0 Å². The van der Waals surface area contributed by atoms with Gasteiger partial charge in [0.2, 0.25) is 5.91 Å². The molecule has 94 valence electrons. The number of methoxy groups -OCH3 is 1. The fourth-order valence-corrected chi connectivity index (χ4v) is 1.96. The predicted octanol–water partition coefficient (Wildman–Crippen LogP) is -0.155. The average Bonchev–Trinajstić information content (AvgIpc) is 2.29. The van der Waals surface area contributed by atoms with Gasteiger partial charge < -0.3 is 20.1 Å². The molecule has 0 radical (unpaired) electrons. The van der Waals surface area contributed by atoms with E-state index in [0.717, 1.165) is 12.8 Å². The van der Waals surface area contributed by atoms with Crippen molar-refractivity contribution in [3.63, 3.8) is 0 Å². The highest BCUT2D eigenvalue weighted by atomic mass is 16.5. The first kappa shape index (κ1) is 13.4. The lowest BCUT2D eigenvalue weighted by Gasteiger charge is -2.28. The van der Waals surface area contributed by atoms with E-state index in [2.05, 4.69) is 0 Å². The van der Waals surface area contributed by atoms with Gasteiger partial charge in [0.05, 0.1) is 6.61 Å². The smallest absolute Gasteiger partial charge is 0.225 e. The van der Waals surface area contributed by atoms with Crippen LogP contribution in [0.5, 0.6) is 0 Å². The number of ether oxygens (including phenoxy) is 2. The summed E-state index contributed by atoms with van der Waals surface area (Å²) in [4.78, 5) is 13.7. The summed E-state index contributed by atoms with van der Waals surface area (Å²) in [5.74, 6) is 0.281. The Hall–Kier alpha value is -0.650. The molecule has 1 atom stereocenters. The summed E-state index contributed by atoms with van der Waals surface area (Å²) in [6.07, 6.45) is 1.64. The van der Waals surface area contributed by atoms with Crippen molar-refractivity contribution in [3.8, 4) is 0 Å². The summed E-state index contributed by atoms with van der Waals surface area (Å²) in [5, 5.41) is 0. The summed E-state index contributed by atoms with van der Waals surface area (Å²) in [6.45, 7) is 2.40. The van der Waals surface area contributed by atoms with Crippen LogP contribution in [0.2, 0.25) is 0 Å². The minimum Gasteiger partial charge on any atom is -0.383 e. The maximum Gasteiger partial charge on any atom is 0.225 e. The highest BCUT2D eigenvalue weighted by molar-refractivity contribution is 5.78. The Balaban J connectivity index is 2.34. The van der Waals surface area contributed by atoms with Crippen molar-refractivity contribution in [1.29, 1.82) is 0 Å². The van der Waals surface area contributed by atoms with E-state index in [-0.39, 0.29) is 17.9 Å². The lowest BCUT2D eigenvalue weighted by molar-refractivity contribution is -0.137. The van der Waals surface area contributed by atoms with E-state index >= 15 is 0 Å². The molecule has 0 saturated carbocycles.